The van der Waals surface area contributed by atoms with E-state index in [1.807, 2.05) is 6.07 Å². The molecule has 0 spiro atoms. The lowest BCUT2D eigenvalue weighted by Gasteiger charge is -2.24. The standard InChI is InChI=1S/C15H22N2O2/c1-17(13-4-6-16-11-13)7-5-12-2-3-14-15(10-12)19-9-8-18-14/h2-3,10,13,16H,4-9,11H2,1H3. The summed E-state index contributed by atoms with van der Waals surface area (Å²) in [5.74, 6) is 1.78. The van der Waals surface area contributed by atoms with Gasteiger partial charge in [-0.15, -0.1) is 0 Å². The normalized spacial score (nSPS) is 21.9. The molecule has 1 aromatic rings. The van der Waals surface area contributed by atoms with E-state index in [0.29, 0.717) is 19.3 Å². The minimum absolute atomic E-state index is 0.657. The molecule has 0 radical (unpaired) electrons. The summed E-state index contributed by atoms with van der Waals surface area (Å²) in [5.41, 5.74) is 1.32. The SMILES string of the molecule is CN(CCc1ccc2c(c1)OCCO2)C1CCNC1. The molecule has 2 aliphatic heterocycles. The van der Waals surface area contributed by atoms with Crippen molar-refractivity contribution in [3.63, 3.8) is 0 Å². The molecule has 1 atom stereocenters. The van der Waals surface area contributed by atoms with Crippen LogP contribution in [0.1, 0.15) is 12.0 Å². The highest BCUT2D eigenvalue weighted by atomic mass is 16.6. The molecule has 19 heavy (non-hydrogen) atoms. The molecule has 2 aliphatic rings. The van der Waals surface area contributed by atoms with Gasteiger partial charge in [-0.3, -0.25) is 0 Å². The van der Waals surface area contributed by atoms with Crippen molar-refractivity contribution in [2.75, 3.05) is 39.9 Å². The molecule has 4 heteroatoms. The molecule has 0 aromatic heterocycles. The van der Waals surface area contributed by atoms with Gasteiger partial charge in [-0.25, -0.2) is 0 Å². The molecule has 1 unspecified atom stereocenters. The Morgan fingerprint density at radius 3 is 2.89 bits per heavy atom. The highest BCUT2D eigenvalue weighted by molar-refractivity contribution is 5.43. The predicted octanol–water partition coefficient (Wildman–Crippen LogP) is 1.29. The van der Waals surface area contributed by atoms with Crippen LogP contribution in [0.25, 0.3) is 0 Å². The maximum absolute atomic E-state index is 5.62. The van der Waals surface area contributed by atoms with E-state index in [0.717, 1.165) is 37.6 Å². The predicted molar refractivity (Wildman–Crippen MR) is 75.0 cm³/mol. The number of likely N-dealkylation sites (N-methyl/N-ethyl adjacent to an activating group) is 1. The minimum atomic E-state index is 0.657. The van der Waals surface area contributed by atoms with Gasteiger partial charge in [-0.1, -0.05) is 6.07 Å². The van der Waals surface area contributed by atoms with Gasteiger partial charge in [0.15, 0.2) is 11.5 Å². The minimum Gasteiger partial charge on any atom is -0.486 e. The zero-order chi connectivity index (χ0) is 13.1. The molecule has 4 nitrogen and oxygen atoms in total. The van der Waals surface area contributed by atoms with Gasteiger partial charge in [0.25, 0.3) is 0 Å². The van der Waals surface area contributed by atoms with Crippen LogP contribution in [-0.4, -0.2) is 50.8 Å². The van der Waals surface area contributed by atoms with Crippen molar-refractivity contribution >= 4 is 0 Å². The molecule has 0 amide bonds. The summed E-state index contributed by atoms with van der Waals surface area (Å²) in [6.45, 7) is 4.68. The molecule has 3 rings (SSSR count). The number of nitrogens with zero attached hydrogens (tertiary/aromatic N) is 1. The number of benzene rings is 1. The molecule has 1 N–H and O–H groups in total. The second-order valence-corrected chi connectivity index (χ2v) is 5.36. The Kier molecular flexibility index (Phi) is 3.89. The second kappa shape index (κ2) is 5.80. The fraction of sp³-hybridized carbons (Fsp3) is 0.600. The summed E-state index contributed by atoms with van der Waals surface area (Å²) in [6, 6.07) is 6.99. The van der Waals surface area contributed by atoms with Crippen LogP contribution in [0.3, 0.4) is 0 Å². The van der Waals surface area contributed by atoms with E-state index in [2.05, 4.69) is 29.4 Å². The summed E-state index contributed by atoms with van der Waals surface area (Å²) in [4.78, 5) is 2.46. The van der Waals surface area contributed by atoms with Crippen LogP contribution < -0.4 is 14.8 Å². The van der Waals surface area contributed by atoms with Crippen LogP contribution in [0.5, 0.6) is 11.5 Å². The molecule has 0 bridgehead atoms. The number of fused-ring (bicyclic) bond motifs is 1. The van der Waals surface area contributed by atoms with Gasteiger partial charge in [0.1, 0.15) is 13.2 Å². The number of hydrogen-bond donors (Lipinski definition) is 1. The van der Waals surface area contributed by atoms with Crippen molar-refractivity contribution in [2.24, 2.45) is 0 Å². The second-order valence-electron chi connectivity index (χ2n) is 5.36. The lowest BCUT2D eigenvalue weighted by Crippen LogP contribution is -2.34. The maximum Gasteiger partial charge on any atom is 0.161 e. The first-order valence-electron chi connectivity index (χ1n) is 7.12. The van der Waals surface area contributed by atoms with E-state index < -0.39 is 0 Å². The Morgan fingerprint density at radius 1 is 1.26 bits per heavy atom. The fourth-order valence-corrected chi connectivity index (χ4v) is 2.75. The van der Waals surface area contributed by atoms with Crippen molar-refractivity contribution < 1.29 is 9.47 Å². The zero-order valence-electron chi connectivity index (χ0n) is 11.5. The van der Waals surface area contributed by atoms with Gasteiger partial charge in [-0.2, -0.15) is 0 Å². The van der Waals surface area contributed by atoms with Crippen molar-refractivity contribution in [1.29, 1.82) is 0 Å². The van der Waals surface area contributed by atoms with E-state index >= 15 is 0 Å². The first-order chi connectivity index (χ1) is 9.33. The van der Waals surface area contributed by atoms with Crippen LogP contribution >= 0.6 is 0 Å². The van der Waals surface area contributed by atoms with Gasteiger partial charge in [0, 0.05) is 19.1 Å². The number of rotatable bonds is 4. The van der Waals surface area contributed by atoms with Crippen LogP contribution in [0, 0.1) is 0 Å². The lowest BCUT2D eigenvalue weighted by molar-refractivity contribution is 0.171. The highest BCUT2D eigenvalue weighted by Crippen LogP contribution is 2.30. The number of hydrogen-bond acceptors (Lipinski definition) is 4. The molecular weight excluding hydrogens is 240 g/mol. The summed E-state index contributed by atoms with van der Waals surface area (Å²) >= 11 is 0. The van der Waals surface area contributed by atoms with Crippen LogP contribution in [0.2, 0.25) is 0 Å². The van der Waals surface area contributed by atoms with Gasteiger partial charge in [0.2, 0.25) is 0 Å². The topological polar surface area (TPSA) is 33.7 Å². The Bertz CT molecular complexity index is 430. The molecular formula is C15H22N2O2. The first-order valence-corrected chi connectivity index (χ1v) is 7.12. The maximum atomic E-state index is 5.62. The van der Waals surface area contributed by atoms with E-state index in [1.165, 1.54) is 12.0 Å². The smallest absolute Gasteiger partial charge is 0.161 e. The van der Waals surface area contributed by atoms with Crippen LogP contribution in [0.15, 0.2) is 18.2 Å². The molecule has 1 fully saturated rings. The molecule has 2 heterocycles. The molecule has 1 aromatic carbocycles. The van der Waals surface area contributed by atoms with Gasteiger partial charge in [0.05, 0.1) is 0 Å². The molecule has 0 aliphatic carbocycles. The summed E-state index contributed by atoms with van der Waals surface area (Å²) < 4.78 is 11.2. The summed E-state index contributed by atoms with van der Waals surface area (Å²) in [7, 11) is 2.22. The third kappa shape index (κ3) is 3.01. The van der Waals surface area contributed by atoms with Crippen molar-refractivity contribution in [3.05, 3.63) is 23.8 Å². The Balaban J connectivity index is 1.57. The fourth-order valence-electron chi connectivity index (χ4n) is 2.75. The van der Waals surface area contributed by atoms with E-state index in [1.54, 1.807) is 0 Å². The van der Waals surface area contributed by atoms with E-state index in [9.17, 15) is 0 Å². The molecule has 104 valence electrons. The van der Waals surface area contributed by atoms with Gasteiger partial charge < -0.3 is 19.7 Å². The van der Waals surface area contributed by atoms with Crippen LogP contribution in [-0.2, 0) is 6.42 Å². The molecule has 0 saturated carbocycles. The van der Waals surface area contributed by atoms with Crippen molar-refractivity contribution in [2.45, 2.75) is 18.9 Å². The van der Waals surface area contributed by atoms with Gasteiger partial charge in [-0.05, 0) is 44.1 Å². The van der Waals surface area contributed by atoms with Gasteiger partial charge >= 0.3 is 0 Å². The Morgan fingerprint density at radius 2 is 2.11 bits per heavy atom. The van der Waals surface area contributed by atoms with E-state index in [4.69, 9.17) is 9.47 Å². The largest absolute Gasteiger partial charge is 0.486 e. The number of nitrogens with one attached hydrogen (secondary N) is 1. The third-order valence-corrected chi connectivity index (χ3v) is 4.02. The Hall–Kier alpha value is -1.26. The summed E-state index contributed by atoms with van der Waals surface area (Å²) in [6.07, 6.45) is 2.32. The quantitative estimate of drug-likeness (QED) is 0.886. The number of ether oxygens (including phenoxy) is 2. The van der Waals surface area contributed by atoms with E-state index in [-0.39, 0.29) is 0 Å². The monoisotopic (exact) mass is 262 g/mol. The lowest BCUT2D eigenvalue weighted by atomic mass is 10.1. The Labute approximate surface area is 114 Å². The summed E-state index contributed by atoms with van der Waals surface area (Å²) in [5, 5.41) is 3.41. The van der Waals surface area contributed by atoms with Crippen LogP contribution in [0.4, 0.5) is 0 Å². The molecule has 1 saturated heterocycles. The van der Waals surface area contributed by atoms with Crippen molar-refractivity contribution in [3.8, 4) is 11.5 Å². The van der Waals surface area contributed by atoms with Crippen molar-refractivity contribution in [1.82, 2.24) is 10.2 Å². The highest BCUT2D eigenvalue weighted by Gasteiger charge is 2.19. The zero-order valence-corrected chi connectivity index (χ0v) is 11.5. The average molecular weight is 262 g/mol. The third-order valence-electron chi connectivity index (χ3n) is 4.02. The first kappa shape index (κ1) is 12.8. The average Bonchev–Trinajstić information content (AvgIpc) is 2.99.